The maximum atomic E-state index is 12.9. The first-order valence-corrected chi connectivity index (χ1v) is 6.31. The van der Waals surface area contributed by atoms with E-state index in [0.29, 0.717) is 18.2 Å². The highest BCUT2D eigenvalue weighted by Gasteiger charge is 2.22. The van der Waals surface area contributed by atoms with Gasteiger partial charge in [0.15, 0.2) is 0 Å². The topological polar surface area (TPSA) is 74.7 Å². The van der Waals surface area contributed by atoms with Crippen LogP contribution in [0.3, 0.4) is 0 Å². The lowest BCUT2D eigenvalue weighted by Crippen LogP contribution is -2.29. The number of sulfonamides is 1. The first-order valence-electron chi connectivity index (χ1n) is 4.87. The second-order valence-corrected chi connectivity index (χ2v) is 5.62. The molecule has 18 heavy (non-hydrogen) atoms. The van der Waals surface area contributed by atoms with Crippen LogP contribution in [-0.4, -0.2) is 37.4 Å². The molecule has 0 atom stereocenters. The normalized spacial score (nSPS) is 11.8. The minimum absolute atomic E-state index is 0.282. The van der Waals surface area contributed by atoms with Gasteiger partial charge in [0.05, 0.1) is 11.3 Å². The van der Waals surface area contributed by atoms with Gasteiger partial charge in [-0.05, 0) is 12.1 Å². The van der Waals surface area contributed by atoms with E-state index >= 15 is 0 Å². The summed E-state index contributed by atoms with van der Waals surface area (Å²) in [5.41, 5.74) is 0. The quantitative estimate of drug-likeness (QED) is 0.874. The Labute approximate surface area is 103 Å². The van der Waals surface area contributed by atoms with Crippen LogP contribution in [0.5, 0.6) is 0 Å². The van der Waals surface area contributed by atoms with E-state index in [2.05, 4.69) is 0 Å². The lowest BCUT2D eigenvalue weighted by atomic mass is 10.3. The molecule has 1 aromatic carbocycles. The molecule has 0 spiro atoms. The fraction of sp³-hybridized carbons (Fsp3) is 0.300. The van der Waals surface area contributed by atoms with Crippen LogP contribution in [0, 0.1) is 11.6 Å². The monoisotopic (exact) mass is 279 g/mol. The Bertz CT molecular complexity index is 539. The third kappa shape index (κ3) is 3.47. The number of hydrogen-bond donors (Lipinski definition) is 1. The third-order valence-corrected chi connectivity index (χ3v) is 4.02. The molecule has 0 aliphatic rings. The summed E-state index contributed by atoms with van der Waals surface area (Å²) in [6, 6.07) is 1.90. The van der Waals surface area contributed by atoms with Gasteiger partial charge in [-0.15, -0.1) is 0 Å². The van der Waals surface area contributed by atoms with Crippen LogP contribution in [0.2, 0.25) is 0 Å². The minimum Gasteiger partial charge on any atom is -0.481 e. The van der Waals surface area contributed by atoms with E-state index in [1.165, 1.54) is 0 Å². The van der Waals surface area contributed by atoms with E-state index in [0.717, 1.165) is 11.4 Å². The van der Waals surface area contributed by atoms with E-state index in [4.69, 9.17) is 5.11 Å². The van der Waals surface area contributed by atoms with Gasteiger partial charge >= 0.3 is 5.97 Å². The summed E-state index contributed by atoms with van der Waals surface area (Å²) in [6.07, 6.45) is -0.395. The maximum absolute atomic E-state index is 12.9. The van der Waals surface area contributed by atoms with Crippen molar-refractivity contribution in [2.24, 2.45) is 0 Å². The summed E-state index contributed by atoms with van der Waals surface area (Å²) in [4.78, 5) is 9.79. The molecule has 5 nitrogen and oxygen atoms in total. The van der Waals surface area contributed by atoms with Crippen LogP contribution in [0.25, 0.3) is 0 Å². The second-order valence-electron chi connectivity index (χ2n) is 3.58. The Morgan fingerprint density at radius 3 is 2.22 bits per heavy atom. The van der Waals surface area contributed by atoms with Crippen molar-refractivity contribution >= 4 is 16.0 Å². The molecule has 0 amide bonds. The molecular formula is C10H11F2NO4S. The van der Waals surface area contributed by atoms with Crippen LogP contribution in [-0.2, 0) is 14.8 Å². The van der Waals surface area contributed by atoms with Crippen LogP contribution in [0.15, 0.2) is 23.1 Å². The molecule has 0 radical (unpaired) electrons. The van der Waals surface area contributed by atoms with E-state index in [1.54, 1.807) is 0 Å². The molecule has 0 heterocycles. The Morgan fingerprint density at radius 2 is 1.78 bits per heavy atom. The van der Waals surface area contributed by atoms with Crippen molar-refractivity contribution in [1.29, 1.82) is 0 Å². The standard InChI is InChI=1S/C10H11F2NO4S/c1-13(3-2-10(14)15)18(16,17)9-5-7(11)4-8(12)6-9/h4-6H,2-3H2,1H3,(H,14,15). The maximum Gasteiger partial charge on any atom is 0.304 e. The molecule has 0 saturated heterocycles. The lowest BCUT2D eigenvalue weighted by molar-refractivity contribution is -0.137. The molecule has 0 unspecified atom stereocenters. The Kier molecular flexibility index (Phi) is 4.36. The van der Waals surface area contributed by atoms with Gasteiger partial charge in [0.1, 0.15) is 11.6 Å². The zero-order valence-corrected chi connectivity index (χ0v) is 10.2. The third-order valence-electron chi connectivity index (χ3n) is 2.18. The lowest BCUT2D eigenvalue weighted by Gasteiger charge is -2.16. The van der Waals surface area contributed by atoms with E-state index in [-0.39, 0.29) is 6.54 Å². The van der Waals surface area contributed by atoms with Crippen LogP contribution in [0.4, 0.5) is 8.78 Å². The molecule has 8 heteroatoms. The van der Waals surface area contributed by atoms with Gasteiger partial charge in [0.25, 0.3) is 0 Å². The molecule has 1 aromatic rings. The summed E-state index contributed by atoms with van der Waals surface area (Å²) >= 11 is 0. The predicted molar refractivity (Wildman–Crippen MR) is 58.4 cm³/mol. The fourth-order valence-electron chi connectivity index (χ4n) is 1.23. The number of hydrogen-bond acceptors (Lipinski definition) is 3. The Hall–Kier alpha value is -1.54. The zero-order valence-electron chi connectivity index (χ0n) is 9.43. The molecule has 0 aromatic heterocycles. The summed E-state index contributed by atoms with van der Waals surface area (Å²) in [7, 11) is -2.95. The van der Waals surface area contributed by atoms with Gasteiger partial charge in [-0.2, -0.15) is 0 Å². The molecule has 100 valence electrons. The summed E-state index contributed by atoms with van der Waals surface area (Å²) in [5.74, 6) is -3.19. The molecule has 0 aliphatic carbocycles. The highest BCUT2D eigenvalue weighted by atomic mass is 32.2. The van der Waals surface area contributed by atoms with Crippen molar-refractivity contribution in [3.05, 3.63) is 29.8 Å². The Morgan fingerprint density at radius 1 is 1.28 bits per heavy atom. The van der Waals surface area contributed by atoms with Crippen molar-refractivity contribution < 1.29 is 27.1 Å². The number of benzene rings is 1. The molecule has 0 fully saturated rings. The van der Waals surface area contributed by atoms with Crippen LogP contribution < -0.4 is 0 Å². The number of carbonyl (C=O) groups is 1. The molecule has 0 saturated carbocycles. The van der Waals surface area contributed by atoms with Crippen LogP contribution in [0.1, 0.15) is 6.42 Å². The van der Waals surface area contributed by atoms with E-state index in [9.17, 15) is 22.0 Å². The first-order chi connectivity index (χ1) is 8.23. The molecular weight excluding hydrogens is 268 g/mol. The van der Waals surface area contributed by atoms with Crippen molar-refractivity contribution in [3.8, 4) is 0 Å². The second kappa shape index (κ2) is 5.40. The first kappa shape index (κ1) is 14.5. The van der Waals surface area contributed by atoms with E-state index < -0.39 is 38.9 Å². The summed E-state index contributed by atoms with van der Waals surface area (Å²) < 4.78 is 50.3. The van der Waals surface area contributed by atoms with Gasteiger partial charge in [0, 0.05) is 19.7 Å². The molecule has 1 N–H and O–H groups in total. The average Bonchev–Trinajstić information content (AvgIpc) is 2.24. The van der Waals surface area contributed by atoms with E-state index in [1.807, 2.05) is 0 Å². The van der Waals surface area contributed by atoms with Crippen LogP contribution >= 0.6 is 0 Å². The molecule has 0 bridgehead atoms. The summed E-state index contributed by atoms with van der Waals surface area (Å²) in [6.45, 7) is -0.282. The number of carboxylic acids is 1. The van der Waals surface area contributed by atoms with Crippen molar-refractivity contribution in [1.82, 2.24) is 4.31 Å². The highest BCUT2D eigenvalue weighted by molar-refractivity contribution is 7.89. The molecule has 0 aliphatic heterocycles. The van der Waals surface area contributed by atoms with Gasteiger partial charge in [0.2, 0.25) is 10.0 Å². The summed E-state index contributed by atoms with van der Waals surface area (Å²) in [5, 5.41) is 8.45. The average molecular weight is 279 g/mol. The van der Waals surface area contributed by atoms with Gasteiger partial charge < -0.3 is 5.11 Å². The van der Waals surface area contributed by atoms with Crippen molar-refractivity contribution in [2.75, 3.05) is 13.6 Å². The van der Waals surface area contributed by atoms with Gasteiger partial charge in [-0.1, -0.05) is 0 Å². The fourth-order valence-corrected chi connectivity index (χ4v) is 2.45. The SMILES string of the molecule is CN(CCC(=O)O)S(=O)(=O)c1cc(F)cc(F)c1. The molecule has 1 rings (SSSR count). The number of carboxylic acid groups (broad SMARTS) is 1. The highest BCUT2D eigenvalue weighted by Crippen LogP contribution is 2.17. The smallest absolute Gasteiger partial charge is 0.304 e. The van der Waals surface area contributed by atoms with Crippen molar-refractivity contribution in [3.63, 3.8) is 0 Å². The zero-order chi connectivity index (χ0) is 13.9. The largest absolute Gasteiger partial charge is 0.481 e. The van der Waals surface area contributed by atoms with Gasteiger partial charge in [-0.3, -0.25) is 4.79 Å². The predicted octanol–water partition coefficient (Wildman–Crippen LogP) is 1.06. The number of rotatable bonds is 5. The Balaban J connectivity index is 3.01. The minimum atomic E-state index is -4.09. The van der Waals surface area contributed by atoms with Gasteiger partial charge in [-0.25, -0.2) is 21.5 Å². The number of halogens is 2. The number of aliphatic carboxylic acids is 1. The number of nitrogens with zero attached hydrogens (tertiary/aromatic N) is 1. The van der Waals surface area contributed by atoms with Crippen molar-refractivity contribution in [2.45, 2.75) is 11.3 Å².